The van der Waals surface area contributed by atoms with E-state index in [2.05, 4.69) is 120 Å². The first-order chi connectivity index (χ1) is 20.7. The number of hydrogen-bond acceptors (Lipinski definition) is 1. The molecule has 7 aromatic rings. The van der Waals surface area contributed by atoms with Crippen LogP contribution in [0.1, 0.15) is 0 Å². The number of fused-ring (bicyclic) bond motifs is 2. The van der Waals surface area contributed by atoms with Crippen molar-refractivity contribution in [2.45, 2.75) is 0 Å². The average molecular weight is 538 g/mol. The molecule has 0 bridgehead atoms. The van der Waals surface area contributed by atoms with Gasteiger partial charge in [-0.1, -0.05) is 127 Å². The van der Waals surface area contributed by atoms with Crippen LogP contribution in [0.4, 0.5) is 5.69 Å². The summed E-state index contributed by atoms with van der Waals surface area (Å²) in [4.78, 5) is 3.61. The molecule has 2 nitrogen and oxygen atoms in total. The Labute approximate surface area is 245 Å². The molecule has 0 aliphatic carbocycles. The fourth-order valence-corrected chi connectivity index (χ4v) is 5.93. The molecule has 0 fully saturated rings. The highest BCUT2D eigenvalue weighted by molar-refractivity contribution is 6.22. The molecule has 0 saturated heterocycles. The van der Waals surface area contributed by atoms with E-state index in [9.17, 15) is 0 Å². The van der Waals surface area contributed by atoms with Crippen LogP contribution in [-0.2, 0) is 0 Å². The molecule has 0 aromatic heterocycles. The maximum atomic E-state index is 7.42. The minimum absolute atomic E-state index is 0.643. The molecule has 2 heteroatoms. The van der Waals surface area contributed by atoms with Gasteiger partial charge in [0.1, 0.15) is 5.75 Å². The summed E-state index contributed by atoms with van der Waals surface area (Å²) in [5.41, 5.74) is 10.0. The first-order valence-corrected chi connectivity index (χ1v) is 14.0. The predicted octanol–water partition coefficient (Wildman–Crippen LogP) is 11.2. The van der Waals surface area contributed by atoms with Gasteiger partial charge in [0.05, 0.1) is 13.7 Å². The zero-order chi connectivity index (χ0) is 28.5. The number of methoxy groups -OCH3 is 1. The van der Waals surface area contributed by atoms with Gasteiger partial charge in [0.15, 0.2) is 5.69 Å². The van der Waals surface area contributed by atoms with Crippen LogP contribution < -0.4 is 4.74 Å². The number of ether oxygens (including phenoxy) is 1. The van der Waals surface area contributed by atoms with Gasteiger partial charge in [0, 0.05) is 0 Å². The molecule has 198 valence electrons. The largest absolute Gasteiger partial charge is 0.497 e. The van der Waals surface area contributed by atoms with Gasteiger partial charge < -0.3 is 4.74 Å². The molecule has 7 aromatic carbocycles. The zero-order valence-electron chi connectivity index (χ0n) is 23.2. The van der Waals surface area contributed by atoms with Gasteiger partial charge in [0.25, 0.3) is 0 Å². The lowest BCUT2D eigenvalue weighted by atomic mass is 9.84. The highest BCUT2D eigenvalue weighted by Gasteiger charge is 2.17. The van der Waals surface area contributed by atoms with Crippen molar-refractivity contribution in [1.82, 2.24) is 0 Å². The van der Waals surface area contributed by atoms with E-state index in [1.807, 2.05) is 30.3 Å². The van der Waals surface area contributed by atoms with Crippen molar-refractivity contribution < 1.29 is 4.74 Å². The zero-order valence-corrected chi connectivity index (χ0v) is 23.2. The first-order valence-electron chi connectivity index (χ1n) is 14.0. The standard InChI is InChI=1S/C40H27NO/c1-41-33-21-16-31(17-22-33)39-35-10-6-7-11-36(35)40(30-14-12-28(13-15-30)27-8-4-3-5-9-27)38-26-32(20-25-37(38)39)29-18-23-34(42-2)24-19-29/h3-26H,2H3. The van der Waals surface area contributed by atoms with Gasteiger partial charge in [-0.3, -0.25) is 0 Å². The lowest BCUT2D eigenvalue weighted by molar-refractivity contribution is 0.415. The van der Waals surface area contributed by atoms with Crippen LogP contribution in [0.2, 0.25) is 0 Å². The van der Waals surface area contributed by atoms with Crippen molar-refractivity contribution in [2.24, 2.45) is 0 Å². The maximum Gasteiger partial charge on any atom is 0.187 e. The fourth-order valence-electron chi connectivity index (χ4n) is 5.93. The van der Waals surface area contributed by atoms with Crippen LogP contribution in [0.15, 0.2) is 146 Å². The summed E-state index contributed by atoms with van der Waals surface area (Å²) in [7, 11) is 1.69. The van der Waals surface area contributed by atoms with Gasteiger partial charge in [-0.15, -0.1) is 0 Å². The normalized spacial score (nSPS) is 11.0. The molecular weight excluding hydrogens is 510 g/mol. The average Bonchev–Trinajstić information content (AvgIpc) is 3.07. The monoisotopic (exact) mass is 537 g/mol. The minimum Gasteiger partial charge on any atom is -0.497 e. The fraction of sp³-hybridized carbons (Fsp3) is 0.0250. The number of hydrogen-bond donors (Lipinski definition) is 0. The Morgan fingerprint density at radius 1 is 0.429 bits per heavy atom. The summed E-state index contributed by atoms with van der Waals surface area (Å²) in [6, 6.07) is 51.1. The van der Waals surface area contributed by atoms with Crippen molar-refractivity contribution in [3.63, 3.8) is 0 Å². The SMILES string of the molecule is [C-]#[N+]c1ccc(-c2c3ccccc3c(-c3ccc(-c4ccccc4)cc3)c3cc(-c4ccc(OC)cc4)ccc23)cc1. The molecule has 0 radical (unpaired) electrons. The number of rotatable bonds is 5. The second-order valence-corrected chi connectivity index (χ2v) is 10.4. The number of benzene rings is 7. The Morgan fingerprint density at radius 3 is 1.50 bits per heavy atom. The Hall–Kier alpha value is -5.65. The van der Waals surface area contributed by atoms with Gasteiger partial charge in [-0.25, -0.2) is 4.85 Å². The summed E-state index contributed by atoms with van der Waals surface area (Å²) < 4.78 is 5.40. The first kappa shape index (κ1) is 25.3. The smallest absolute Gasteiger partial charge is 0.187 e. The molecule has 7 rings (SSSR count). The molecule has 0 unspecified atom stereocenters. The van der Waals surface area contributed by atoms with Gasteiger partial charge in [0.2, 0.25) is 0 Å². The Kier molecular flexibility index (Phi) is 6.47. The van der Waals surface area contributed by atoms with E-state index in [0.29, 0.717) is 5.69 Å². The highest BCUT2D eigenvalue weighted by atomic mass is 16.5. The van der Waals surface area contributed by atoms with Crippen molar-refractivity contribution in [2.75, 3.05) is 7.11 Å². The Bertz CT molecular complexity index is 2080. The lowest BCUT2D eigenvalue weighted by Gasteiger charge is -2.19. The molecule has 0 amide bonds. The van der Waals surface area contributed by atoms with Crippen LogP contribution >= 0.6 is 0 Å². The number of nitrogens with zero attached hydrogens (tertiary/aromatic N) is 1. The second kappa shape index (κ2) is 10.7. The van der Waals surface area contributed by atoms with Crippen molar-refractivity contribution in [3.05, 3.63) is 157 Å². The molecule has 0 N–H and O–H groups in total. The molecule has 42 heavy (non-hydrogen) atoms. The second-order valence-electron chi connectivity index (χ2n) is 10.4. The van der Waals surface area contributed by atoms with Crippen molar-refractivity contribution >= 4 is 27.2 Å². The van der Waals surface area contributed by atoms with Crippen LogP contribution in [-0.4, -0.2) is 7.11 Å². The summed E-state index contributed by atoms with van der Waals surface area (Å²) >= 11 is 0. The van der Waals surface area contributed by atoms with Crippen LogP contribution in [0, 0.1) is 6.57 Å². The van der Waals surface area contributed by atoms with Crippen molar-refractivity contribution in [3.8, 4) is 50.3 Å². The molecule has 0 saturated carbocycles. The predicted molar refractivity (Wildman–Crippen MR) is 176 cm³/mol. The molecule has 0 aliphatic rings. The molecule has 0 aliphatic heterocycles. The quantitative estimate of drug-likeness (QED) is 0.157. The van der Waals surface area contributed by atoms with Crippen LogP contribution in [0.5, 0.6) is 5.75 Å². The summed E-state index contributed by atoms with van der Waals surface area (Å²) in [6.07, 6.45) is 0. The Morgan fingerprint density at radius 2 is 0.881 bits per heavy atom. The van der Waals surface area contributed by atoms with E-state index in [4.69, 9.17) is 11.3 Å². The third-order valence-corrected chi connectivity index (χ3v) is 8.01. The van der Waals surface area contributed by atoms with E-state index in [0.717, 1.165) is 22.4 Å². The van der Waals surface area contributed by atoms with E-state index in [-0.39, 0.29) is 0 Å². The summed E-state index contributed by atoms with van der Waals surface area (Å²) in [6.45, 7) is 7.42. The van der Waals surface area contributed by atoms with Crippen molar-refractivity contribution in [1.29, 1.82) is 0 Å². The van der Waals surface area contributed by atoms with Crippen LogP contribution in [0.3, 0.4) is 0 Å². The lowest BCUT2D eigenvalue weighted by Crippen LogP contribution is -1.92. The highest BCUT2D eigenvalue weighted by Crippen LogP contribution is 2.45. The molecule has 0 heterocycles. The van der Waals surface area contributed by atoms with E-state index in [1.54, 1.807) is 7.11 Å². The minimum atomic E-state index is 0.643. The summed E-state index contributed by atoms with van der Waals surface area (Å²) in [5.74, 6) is 0.842. The molecule has 0 spiro atoms. The third-order valence-electron chi connectivity index (χ3n) is 8.01. The van der Waals surface area contributed by atoms with E-state index >= 15 is 0 Å². The van der Waals surface area contributed by atoms with Crippen LogP contribution in [0.25, 0.3) is 70.9 Å². The third kappa shape index (κ3) is 4.48. The van der Waals surface area contributed by atoms with E-state index < -0.39 is 0 Å². The topological polar surface area (TPSA) is 13.6 Å². The maximum absolute atomic E-state index is 7.42. The summed E-state index contributed by atoms with van der Waals surface area (Å²) in [5, 5.41) is 4.77. The van der Waals surface area contributed by atoms with Gasteiger partial charge >= 0.3 is 0 Å². The Balaban J connectivity index is 1.52. The van der Waals surface area contributed by atoms with E-state index in [1.165, 1.54) is 49.4 Å². The van der Waals surface area contributed by atoms with Gasteiger partial charge in [-0.2, -0.15) is 0 Å². The molecular formula is C40H27NO. The molecule has 0 atom stereocenters. The van der Waals surface area contributed by atoms with Gasteiger partial charge in [-0.05, 0) is 84.3 Å².